The van der Waals surface area contributed by atoms with Gasteiger partial charge in [0.2, 0.25) is 0 Å². The predicted octanol–water partition coefficient (Wildman–Crippen LogP) is 2.46. The molecule has 16 heavy (non-hydrogen) atoms. The minimum Gasteiger partial charge on any atom is -0.378 e. The predicted molar refractivity (Wildman–Crippen MR) is 62.0 cm³/mol. The number of alkyl halides is 1. The van der Waals surface area contributed by atoms with Crippen LogP contribution in [0.3, 0.4) is 0 Å². The Morgan fingerprint density at radius 2 is 2.06 bits per heavy atom. The van der Waals surface area contributed by atoms with Crippen LogP contribution in [0.2, 0.25) is 0 Å². The standard InChI is InChI=1S/C12H14FN3/c13-6-7-16-10-12(9-15-16)14-8-11-4-2-1-3-5-11/h1-5,9-10,14H,6-8H2. The summed E-state index contributed by atoms with van der Waals surface area (Å²) in [5.41, 5.74) is 2.12. The van der Waals surface area contributed by atoms with Crippen molar-refractivity contribution in [3.8, 4) is 0 Å². The second kappa shape index (κ2) is 5.30. The maximum atomic E-state index is 12.1. The fourth-order valence-corrected chi connectivity index (χ4v) is 1.46. The molecule has 2 rings (SSSR count). The van der Waals surface area contributed by atoms with E-state index in [1.807, 2.05) is 24.4 Å². The van der Waals surface area contributed by atoms with Crippen molar-refractivity contribution in [2.75, 3.05) is 12.0 Å². The van der Waals surface area contributed by atoms with Crippen LogP contribution in [0.15, 0.2) is 42.7 Å². The van der Waals surface area contributed by atoms with Crippen molar-refractivity contribution >= 4 is 5.69 Å². The second-order valence-electron chi connectivity index (χ2n) is 3.52. The molecular formula is C12H14FN3. The van der Waals surface area contributed by atoms with Crippen LogP contribution in [0, 0.1) is 0 Å². The fourth-order valence-electron chi connectivity index (χ4n) is 1.46. The molecule has 0 saturated heterocycles. The number of nitrogens with one attached hydrogen (secondary N) is 1. The maximum Gasteiger partial charge on any atom is 0.109 e. The first-order valence-electron chi connectivity index (χ1n) is 5.25. The van der Waals surface area contributed by atoms with Gasteiger partial charge in [0.15, 0.2) is 0 Å². The van der Waals surface area contributed by atoms with Gasteiger partial charge in [-0.05, 0) is 5.56 Å². The van der Waals surface area contributed by atoms with Crippen LogP contribution >= 0.6 is 0 Å². The van der Waals surface area contributed by atoms with E-state index in [0.717, 1.165) is 12.2 Å². The Kier molecular flexibility index (Phi) is 3.53. The highest BCUT2D eigenvalue weighted by atomic mass is 19.1. The van der Waals surface area contributed by atoms with Gasteiger partial charge in [-0.3, -0.25) is 4.68 Å². The Morgan fingerprint density at radius 3 is 2.81 bits per heavy atom. The zero-order chi connectivity index (χ0) is 11.2. The molecule has 1 aromatic heterocycles. The first kappa shape index (κ1) is 10.7. The Bertz CT molecular complexity index is 425. The van der Waals surface area contributed by atoms with E-state index in [0.29, 0.717) is 6.54 Å². The molecule has 84 valence electrons. The molecule has 0 saturated carbocycles. The fraction of sp³-hybridized carbons (Fsp3) is 0.250. The van der Waals surface area contributed by atoms with Crippen molar-refractivity contribution in [3.05, 3.63) is 48.3 Å². The number of hydrogen-bond donors (Lipinski definition) is 1. The van der Waals surface area contributed by atoms with Crippen molar-refractivity contribution in [2.45, 2.75) is 13.1 Å². The second-order valence-corrected chi connectivity index (χ2v) is 3.52. The molecular weight excluding hydrogens is 205 g/mol. The minimum absolute atomic E-state index is 0.313. The van der Waals surface area contributed by atoms with Crippen LogP contribution in [0.5, 0.6) is 0 Å². The summed E-state index contributed by atoms with van der Waals surface area (Å²) in [5, 5.41) is 7.27. The lowest BCUT2D eigenvalue weighted by Gasteiger charge is -2.02. The Labute approximate surface area is 93.9 Å². The third-order valence-corrected chi connectivity index (χ3v) is 2.29. The minimum atomic E-state index is -0.389. The van der Waals surface area contributed by atoms with Gasteiger partial charge in [0.05, 0.1) is 18.4 Å². The molecule has 2 aromatic rings. The van der Waals surface area contributed by atoms with Gasteiger partial charge in [-0.2, -0.15) is 5.10 Å². The monoisotopic (exact) mass is 219 g/mol. The zero-order valence-corrected chi connectivity index (χ0v) is 8.94. The number of halogens is 1. The average Bonchev–Trinajstić information content (AvgIpc) is 2.76. The van der Waals surface area contributed by atoms with E-state index in [1.54, 1.807) is 10.9 Å². The van der Waals surface area contributed by atoms with E-state index >= 15 is 0 Å². The average molecular weight is 219 g/mol. The quantitative estimate of drug-likeness (QED) is 0.837. The van der Waals surface area contributed by atoms with Gasteiger partial charge in [-0.25, -0.2) is 4.39 Å². The summed E-state index contributed by atoms with van der Waals surface area (Å²) in [7, 11) is 0. The van der Waals surface area contributed by atoms with Gasteiger partial charge < -0.3 is 5.32 Å². The number of aromatic nitrogens is 2. The van der Waals surface area contributed by atoms with Gasteiger partial charge in [-0.15, -0.1) is 0 Å². The largest absolute Gasteiger partial charge is 0.378 e. The van der Waals surface area contributed by atoms with Crippen molar-refractivity contribution in [1.82, 2.24) is 9.78 Å². The number of hydrogen-bond acceptors (Lipinski definition) is 2. The lowest BCUT2D eigenvalue weighted by atomic mass is 10.2. The first-order chi connectivity index (χ1) is 7.88. The third-order valence-electron chi connectivity index (χ3n) is 2.29. The summed E-state index contributed by atoms with van der Waals surface area (Å²) in [6.07, 6.45) is 3.51. The van der Waals surface area contributed by atoms with E-state index < -0.39 is 0 Å². The molecule has 4 heteroatoms. The van der Waals surface area contributed by atoms with Crippen LogP contribution in [0.4, 0.5) is 10.1 Å². The van der Waals surface area contributed by atoms with Crippen molar-refractivity contribution in [3.63, 3.8) is 0 Å². The summed E-state index contributed by atoms with van der Waals surface area (Å²) in [6.45, 7) is 0.676. The molecule has 1 heterocycles. The highest BCUT2D eigenvalue weighted by Gasteiger charge is 1.97. The third kappa shape index (κ3) is 2.82. The smallest absolute Gasteiger partial charge is 0.109 e. The first-order valence-corrected chi connectivity index (χ1v) is 5.25. The van der Waals surface area contributed by atoms with Crippen LogP contribution in [0.25, 0.3) is 0 Å². The van der Waals surface area contributed by atoms with Crippen molar-refractivity contribution < 1.29 is 4.39 Å². The Hall–Kier alpha value is -1.84. The van der Waals surface area contributed by atoms with Gasteiger partial charge in [-0.1, -0.05) is 30.3 Å². The summed E-state index contributed by atoms with van der Waals surface area (Å²) in [5.74, 6) is 0. The molecule has 0 amide bonds. The number of aryl methyl sites for hydroxylation is 1. The summed E-state index contributed by atoms with van der Waals surface area (Å²) in [4.78, 5) is 0. The molecule has 0 aliphatic carbocycles. The van der Waals surface area contributed by atoms with E-state index in [2.05, 4.69) is 22.5 Å². The Balaban J connectivity index is 1.89. The molecule has 0 aliphatic heterocycles. The Morgan fingerprint density at radius 1 is 1.25 bits per heavy atom. The van der Waals surface area contributed by atoms with Crippen molar-refractivity contribution in [2.24, 2.45) is 0 Å². The van der Waals surface area contributed by atoms with Gasteiger partial charge in [0.25, 0.3) is 0 Å². The van der Waals surface area contributed by atoms with Crippen molar-refractivity contribution in [1.29, 1.82) is 0 Å². The summed E-state index contributed by atoms with van der Waals surface area (Å²) in [6, 6.07) is 10.1. The summed E-state index contributed by atoms with van der Waals surface area (Å²) >= 11 is 0. The lowest BCUT2D eigenvalue weighted by molar-refractivity contribution is 0.427. The van der Waals surface area contributed by atoms with Gasteiger partial charge >= 0.3 is 0 Å². The molecule has 0 radical (unpaired) electrons. The lowest BCUT2D eigenvalue weighted by Crippen LogP contribution is -2.00. The van der Waals surface area contributed by atoms with E-state index in [4.69, 9.17) is 0 Å². The number of nitrogens with zero attached hydrogens (tertiary/aromatic N) is 2. The maximum absolute atomic E-state index is 12.1. The van der Waals surface area contributed by atoms with E-state index in [1.165, 1.54) is 5.56 Å². The van der Waals surface area contributed by atoms with Crippen LogP contribution in [0.1, 0.15) is 5.56 Å². The topological polar surface area (TPSA) is 29.9 Å². The molecule has 0 unspecified atom stereocenters. The van der Waals surface area contributed by atoms with E-state index in [-0.39, 0.29) is 6.67 Å². The highest BCUT2D eigenvalue weighted by Crippen LogP contribution is 2.07. The molecule has 0 aliphatic rings. The summed E-state index contributed by atoms with van der Waals surface area (Å²) < 4.78 is 13.6. The van der Waals surface area contributed by atoms with E-state index in [9.17, 15) is 4.39 Å². The van der Waals surface area contributed by atoms with Crippen LogP contribution in [-0.2, 0) is 13.1 Å². The highest BCUT2D eigenvalue weighted by molar-refractivity contribution is 5.39. The SMILES string of the molecule is FCCn1cc(NCc2ccccc2)cn1. The molecule has 0 bridgehead atoms. The zero-order valence-electron chi connectivity index (χ0n) is 8.94. The molecule has 3 nitrogen and oxygen atoms in total. The molecule has 0 fully saturated rings. The van der Waals surface area contributed by atoms with Gasteiger partial charge in [0, 0.05) is 12.7 Å². The van der Waals surface area contributed by atoms with Crippen LogP contribution < -0.4 is 5.32 Å². The molecule has 1 N–H and O–H groups in total. The molecule has 1 aromatic carbocycles. The number of benzene rings is 1. The normalized spacial score (nSPS) is 10.3. The number of anilines is 1. The van der Waals surface area contributed by atoms with Crippen LogP contribution in [-0.4, -0.2) is 16.5 Å². The molecule has 0 spiro atoms. The number of rotatable bonds is 5. The van der Waals surface area contributed by atoms with Gasteiger partial charge in [0.1, 0.15) is 6.67 Å². The molecule has 0 atom stereocenters.